The summed E-state index contributed by atoms with van der Waals surface area (Å²) in [6.45, 7) is 6.13. The number of sulfonamides is 1. The summed E-state index contributed by atoms with van der Waals surface area (Å²) in [5.74, 6) is 0.936. The van der Waals surface area contributed by atoms with Crippen LogP contribution in [-0.4, -0.2) is 28.5 Å². The zero-order valence-electron chi connectivity index (χ0n) is 20.3. The first-order chi connectivity index (χ1) is 16.1. The van der Waals surface area contributed by atoms with Crippen LogP contribution in [0.15, 0.2) is 77.7 Å². The van der Waals surface area contributed by atoms with Crippen LogP contribution in [0.4, 0.5) is 5.69 Å². The van der Waals surface area contributed by atoms with Crippen molar-refractivity contribution in [2.75, 3.05) is 18.5 Å². The third-order valence-corrected chi connectivity index (χ3v) is 7.50. The minimum absolute atomic E-state index is 0.150. The van der Waals surface area contributed by atoms with Gasteiger partial charge in [-0.3, -0.25) is 9.10 Å². The lowest BCUT2D eigenvalue weighted by atomic mass is 9.96. The largest absolute Gasteiger partial charge is 0.497 e. The molecule has 0 aliphatic rings. The summed E-state index contributed by atoms with van der Waals surface area (Å²) >= 11 is 0. The van der Waals surface area contributed by atoms with Crippen molar-refractivity contribution in [1.29, 1.82) is 0 Å². The molecule has 1 atom stereocenters. The summed E-state index contributed by atoms with van der Waals surface area (Å²) in [4.78, 5) is 13.2. The van der Waals surface area contributed by atoms with E-state index in [1.807, 2.05) is 31.2 Å². The summed E-state index contributed by atoms with van der Waals surface area (Å²) in [6, 6.07) is 20.8. The highest BCUT2D eigenvalue weighted by atomic mass is 32.2. The number of aryl methyl sites for hydroxylation is 1. The summed E-state index contributed by atoms with van der Waals surface area (Å²) in [7, 11) is -0.567. The molecule has 0 aromatic heterocycles. The molecule has 0 saturated carbocycles. The van der Waals surface area contributed by atoms with Crippen molar-refractivity contribution < 1.29 is 17.9 Å². The van der Waals surface area contributed by atoms with Gasteiger partial charge < -0.3 is 10.1 Å². The molecular weight excluding hydrogens is 448 g/mol. The molecule has 0 fully saturated rings. The number of carbonyl (C=O) groups excluding carboxylic acids is 1. The van der Waals surface area contributed by atoms with Crippen LogP contribution in [-0.2, 0) is 10.0 Å². The Hall–Kier alpha value is -3.32. The predicted molar refractivity (Wildman–Crippen MR) is 136 cm³/mol. The third kappa shape index (κ3) is 5.97. The van der Waals surface area contributed by atoms with Crippen molar-refractivity contribution in [2.45, 2.75) is 38.1 Å². The van der Waals surface area contributed by atoms with Gasteiger partial charge in [-0.1, -0.05) is 43.7 Å². The standard InChI is InChI=1S/C27H32N2O4S/c1-19(2)18-26(21-10-14-24(33-5)15-11-21)28-27(30)22-8-12-23(13-9-22)29(4)34(31,32)25-16-6-20(3)7-17-25/h6-17,19,26H,18H2,1-5H3,(H,28,30)/t26-/m0/s1. The van der Waals surface area contributed by atoms with Crippen LogP contribution in [0.5, 0.6) is 5.75 Å². The Balaban J connectivity index is 1.76. The lowest BCUT2D eigenvalue weighted by Crippen LogP contribution is -2.30. The average Bonchev–Trinajstić information content (AvgIpc) is 2.83. The van der Waals surface area contributed by atoms with Crippen LogP contribution in [0.2, 0.25) is 0 Å². The van der Waals surface area contributed by atoms with Crippen molar-refractivity contribution in [1.82, 2.24) is 5.32 Å². The van der Waals surface area contributed by atoms with Gasteiger partial charge in [-0.05, 0) is 73.4 Å². The van der Waals surface area contributed by atoms with Gasteiger partial charge in [0.25, 0.3) is 15.9 Å². The second kappa shape index (κ2) is 10.7. The monoisotopic (exact) mass is 480 g/mol. The van der Waals surface area contributed by atoms with Gasteiger partial charge in [0.05, 0.1) is 23.7 Å². The van der Waals surface area contributed by atoms with E-state index >= 15 is 0 Å². The van der Waals surface area contributed by atoms with Crippen molar-refractivity contribution >= 4 is 21.6 Å². The predicted octanol–water partition coefficient (Wildman–Crippen LogP) is 5.35. The highest BCUT2D eigenvalue weighted by Crippen LogP contribution is 2.26. The maximum absolute atomic E-state index is 13.0. The summed E-state index contributed by atoms with van der Waals surface area (Å²) in [6.07, 6.45) is 0.785. The van der Waals surface area contributed by atoms with Crippen LogP contribution in [0, 0.1) is 12.8 Å². The Morgan fingerprint density at radius 1 is 0.941 bits per heavy atom. The van der Waals surface area contributed by atoms with E-state index in [1.165, 1.54) is 11.4 Å². The Labute approximate surface area is 202 Å². The molecule has 3 rings (SSSR count). The number of nitrogens with one attached hydrogen (secondary N) is 1. The van der Waals surface area contributed by atoms with Gasteiger partial charge in [-0.25, -0.2) is 8.42 Å². The van der Waals surface area contributed by atoms with Crippen molar-refractivity contribution in [3.8, 4) is 5.75 Å². The minimum Gasteiger partial charge on any atom is -0.497 e. The number of methoxy groups -OCH3 is 1. The van der Waals surface area contributed by atoms with Gasteiger partial charge in [-0.2, -0.15) is 0 Å². The first-order valence-electron chi connectivity index (χ1n) is 11.2. The molecule has 0 heterocycles. The number of amides is 1. The van der Waals surface area contributed by atoms with E-state index in [1.54, 1.807) is 55.6 Å². The van der Waals surface area contributed by atoms with Gasteiger partial charge in [0.15, 0.2) is 0 Å². The number of anilines is 1. The molecule has 0 spiro atoms. The molecule has 1 amide bonds. The van der Waals surface area contributed by atoms with Crippen LogP contribution < -0.4 is 14.4 Å². The van der Waals surface area contributed by atoms with Gasteiger partial charge >= 0.3 is 0 Å². The molecule has 0 saturated heterocycles. The summed E-state index contributed by atoms with van der Waals surface area (Å²) < 4.78 is 32.4. The van der Waals surface area contributed by atoms with Crippen molar-refractivity contribution in [3.05, 3.63) is 89.5 Å². The SMILES string of the molecule is COc1ccc([C@H](CC(C)C)NC(=O)c2ccc(N(C)S(=O)(=O)c3ccc(C)cc3)cc2)cc1. The Morgan fingerprint density at radius 3 is 2.06 bits per heavy atom. The zero-order chi connectivity index (χ0) is 24.9. The zero-order valence-corrected chi connectivity index (χ0v) is 21.1. The Morgan fingerprint density at radius 2 is 1.53 bits per heavy atom. The fourth-order valence-electron chi connectivity index (χ4n) is 3.66. The van der Waals surface area contributed by atoms with Crippen LogP contribution >= 0.6 is 0 Å². The molecule has 7 heteroatoms. The quantitative estimate of drug-likeness (QED) is 0.448. The fraction of sp³-hybridized carbons (Fsp3) is 0.296. The minimum atomic E-state index is -3.69. The average molecular weight is 481 g/mol. The molecule has 34 heavy (non-hydrogen) atoms. The highest BCUT2D eigenvalue weighted by molar-refractivity contribution is 7.92. The van der Waals surface area contributed by atoms with E-state index in [0.717, 1.165) is 23.3 Å². The fourth-order valence-corrected chi connectivity index (χ4v) is 4.85. The van der Waals surface area contributed by atoms with Crippen molar-refractivity contribution in [2.24, 2.45) is 5.92 Å². The van der Waals surface area contributed by atoms with Crippen LogP contribution in [0.25, 0.3) is 0 Å². The van der Waals surface area contributed by atoms with Crippen molar-refractivity contribution in [3.63, 3.8) is 0 Å². The lowest BCUT2D eigenvalue weighted by Gasteiger charge is -2.22. The maximum atomic E-state index is 13.0. The number of rotatable bonds is 9. The molecule has 0 aliphatic heterocycles. The highest BCUT2D eigenvalue weighted by Gasteiger charge is 2.22. The molecule has 0 unspecified atom stereocenters. The van der Waals surface area contributed by atoms with E-state index in [0.29, 0.717) is 17.2 Å². The molecule has 6 nitrogen and oxygen atoms in total. The van der Waals surface area contributed by atoms with Gasteiger partial charge in [-0.15, -0.1) is 0 Å². The number of hydrogen-bond acceptors (Lipinski definition) is 4. The first-order valence-corrected chi connectivity index (χ1v) is 12.7. The second-order valence-corrected chi connectivity index (χ2v) is 10.7. The number of ether oxygens (including phenoxy) is 1. The first kappa shape index (κ1) is 25.3. The molecule has 3 aromatic rings. The lowest BCUT2D eigenvalue weighted by molar-refractivity contribution is 0.0932. The van der Waals surface area contributed by atoms with E-state index in [9.17, 15) is 13.2 Å². The van der Waals surface area contributed by atoms with E-state index in [4.69, 9.17) is 4.74 Å². The van der Waals surface area contributed by atoms with E-state index in [-0.39, 0.29) is 16.8 Å². The Kier molecular flexibility index (Phi) is 7.99. The summed E-state index contributed by atoms with van der Waals surface area (Å²) in [5.41, 5.74) is 2.93. The van der Waals surface area contributed by atoms with Crippen LogP contribution in [0.1, 0.15) is 47.8 Å². The van der Waals surface area contributed by atoms with E-state index < -0.39 is 10.0 Å². The Bertz CT molecular complexity index is 1200. The number of hydrogen-bond donors (Lipinski definition) is 1. The molecule has 0 bridgehead atoms. The normalized spacial score (nSPS) is 12.3. The maximum Gasteiger partial charge on any atom is 0.264 e. The van der Waals surface area contributed by atoms with E-state index in [2.05, 4.69) is 19.2 Å². The second-order valence-electron chi connectivity index (χ2n) is 8.76. The molecule has 180 valence electrons. The van der Waals surface area contributed by atoms with Gasteiger partial charge in [0.2, 0.25) is 0 Å². The molecule has 0 aliphatic carbocycles. The number of nitrogens with zero attached hydrogens (tertiary/aromatic N) is 1. The summed E-state index contributed by atoms with van der Waals surface area (Å²) in [5, 5.41) is 3.12. The molecule has 1 N–H and O–H groups in total. The molecule has 0 radical (unpaired) electrons. The molecule has 3 aromatic carbocycles. The molecular formula is C27H32N2O4S. The van der Waals surface area contributed by atoms with Gasteiger partial charge in [0.1, 0.15) is 5.75 Å². The number of benzene rings is 3. The third-order valence-electron chi connectivity index (χ3n) is 5.70. The topological polar surface area (TPSA) is 75.7 Å². The smallest absolute Gasteiger partial charge is 0.264 e. The van der Waals surface area contributed by atoms with Gasteiger partial charge in [0, 0.05) is 12.6 Å². The number of carbonyl (C=O) groups is 1. The van der Waals surface area contributed by atoms with Crippen LogP contribution in [0.3, 0.4) is 0 Å².